The first-order valence-electron chi connectivity index (χ1n) is 13.7. The minimum absolute atomic E-state index is 0.142. The number of amides is 1. The smallest absolute Gasteiger partial charge is 0.416 e. The zero-order chi connectivity index (χ0) is 30.3. The minimum atomic E-state index is -4.49. The number of nitrogens with one attached hydrogen (secondary N) is 1. The van der Waals surface area contributed by atoms with Gasteiger partial charge in [0, 0.05) is 42.8 Å². The summed E-state index contributed by atoms with van der Waals surface area (Å²) in [7, 11) is 0. The number of piperidine rings is 1. The van der Waals surface area contributed by atoms with E-state index in [1.165, 1.54) is 18.2 Å². The Hall–Kier alpha value is -4.25. The number of rotatable bonds is 10. The normalized spacial score (nSPS) is 15.0. The molecule has 1 aromatic carbocycles. The van der Waals surface area contributed by atoms with Crippen molar-refractivity contribution >= 4 is 30.0 Å². The number of aryl methyl sites for hydroxylation is 1. The lowest BCUT2D eigenvalue weighted by molar-refractivity contribution is -0.139. The number of ether oxygens (including phenoxy) is 1. The van der Waals surface area contributed by atoms with Crippen LogP contribution in [0.5, 0.6) is 0 Å². The van der Waals surface area contributed by atoms with Gasteiger partial charge in [0.2, 0.25) is 0 Å². The van der Waals surface area contributed by atoms with Crippen molar-refractivity contribution in [3.8, 4) is 0 Å². The van der Waals surface area contributed by atoms with Gasteiger partial charge in [-0.05, 0) is 81.7 Å². The van der Waals surface area contributed by atoms with Gasteiger partial charge >= 0.3 is 6.18 Å². The first-order chi connectivity index (χ1) is 20.0. The highest BCUT2D eigenvalue weighted by Crippen LogP contribution is 2.30. The third-order valence-corrected chi connectivity index (χ3v) is 7.16. The van der Waals surface area contributed by atoms with E-state index in [1.807, 2.05) is 37.3 Å². The first kappa shape index (κ1) is 30.7. The second-order valence-electron chi connectivity index (χ2n) is 10.5. The SMILES string of the molecule is Cc1cc(Nc2cccc(CN(C(=O)/C(=C\c3ccc(C(F)(F)F)cc3)OC=O)C3CCN(C(C)C)CC3)n2)ccn1. The van der Waals surface area contributed by atoms with Gasteiger partial charge in [0.1, 0.15) is 5.82 Å². The van der Waals surface area contributed by atoms with Gasteiger partial charge in [0.15, 0.2) is 5.76 Å². The maximum Gasteiger partial charge on any atom is 0.416 e. The molecule has 1 N–H and O–H groups in total. The largest absolute Gasteiger partial charge is 0.423 e. The summed E-state index contributed by atoms with van der Waals surface area (Å²) in [4.78, 5) is 38.2. The molecular formula is C31H34F3N5O3. The molecule has 1 aliphatic heterocycles. The fourth-order valence-corrected chi connectivity index (χ4v) is 4.92. The molecule has 0 unspecified atom stereocenters. The molecule has 4 rings (SSSR count). The van der Waals surface area contributed by atoms with Crippen LogP contribution in [0.25, 0.3) is 6.08 Å². The minimum Gasteiger partial charge on any atom is -0.423 e. The lowest BCUT2D eigenvalue weighted by atomic mass is 10.0. The van der Waals surface area contributed by atoms with Gasteiger partial charge in [-0.15, -0.1) is 0 Å². The van der Waals surface area contributed by atoms with Crippen molar-refractivity contribution in [1.82, 2.24) is 19.8 Å². The van der Waals surface area contributed by atoms with Crippen LogP contribution in [0.2, 0.25) is 0 Å². The summed E-state index contributed by atoms with van der Waals surface area (Å²) in [6.45, 7) is 8.00. The first-order valence-corrected chi connectivity index (χ1v) is 13.7. The Labute approximate surface area is 243 Å². The van der Waals surface area contributed by atoms with Crippen molar-refractivity contribution in [3.63, 3.8) is 0 Å². The van der Waals surface area contributed by atoms with Crippen LogP contribution in [0.1, 0.15) is 49.2 Å². The Morgan fingerprint density at radius 3 is 2.48 bits per heavy atom. The Bertz CT molecular complexity index is 1400. The maximum absolute atomic E-state index is 13.9. The molecule has 1 amide bonds. The Balaban J connectivity index is 1.62. The van der Waals surface area contributed by atoms with Crippen molar-refractivity contribution < 1.29 is 27.5 Å². The molecule has 1 aliphatic rings. The van der Waals surface area contributed by atoms with E-state index >= 15 is 0 Å². The molecule has 3 heterocycles. The number of halogens is 3. The van der Waals surface area contributed by atoms with Crippen molar-refractivity contribution in [3.05, 3.63) is 89.1 Å². The third-order valence-electron chi connectivity index (χ3n) is 7.16. The number of hydrogen-bond acceptors (Lipinski definition) is 7. The number of likely N-dealkylation sites (tertiary alicyclic amines) is 1. The molecule has 222 valence electrons. The van der Waals surface area contributed by atoms with Crippen molar-refractivity contribution in [2.24, 2.45) is 0 Å². The van der Waals surface area contributed by atoms with Crippen LogP contribution in [0.4, 0.5) is 24.7 Å². The van der Waals surface area contributed by atoms with E-state index in [1.54, 1.807) is 11.1 Å². The monoisotopic (exact) mass is 581 g/mol. The van der Waals surface area contributed by atoms with Crippen molar-refractivity contribution in [1.29, 1.82) is 0 Å². The summed E-state index contributed by atoms with van der Waals surface area (Å²) >= 11 is 0. The number of alkyl halides is 3. The molecule has 0 radical (unpaired) electrons. The molecule has 0 aliphatic carbocycles. The van der Waals surface area contributed by atoms with Gasteiger partial charge < -0.3 is 19.9 Å². The van der Waals surface area contributed by atoms with Crippen LogP contribution in [-0.4, -0.2) is 57.3 Å². The molecule has 11 heteroatoms. The molecule has 0 spiro atoms. The fraction of sp³-hybridized carbons (Fsp3) is 0.355. The third kappa shape index (κ3) is 8.16. The molecule has 8 nitrogen and oxygen atoms in total. The average molecular weight is 582 g/mol. The average Bonchev–Trinajstić information content (AvgIpc) is 2.95. The molecule has 2 aromatic heterocycles. The van der Waals surface area contributed by atoms with Crippen molar-refractivity contribution in [2.45, 2.75) is 58.4 Å². The van der Waals surface area contributed by atoms with Gasteiger partial charge in [0.25, 0.3) is 12.4 Å². The fourth-order valence-electron chi connectivity index (χ4n) is 4.92. The molecule has 42 heavy (non-hydrogen) atoms. The lowest BCUT2D eigenvalue weighted by Crippen LogP contribution is -2.49. The van der Waals surface area contributed by atoms with E-state index in [2.05, 4.69) is 29.0 Å². The maximum atomic E-state index is 13.9. The highest BCUT2D eigenvalue weighted by Gasteiger charge is 2.32. The van der Waals surface area contributed by atoms with Gasteiger partial charge in [-0.1, -0.05) is 18.2 Å². The molecular weight excluding hydrogens is 547 g/mol. The standard InChI is InChI=1S/C31H34F3N5O3/c1-21(2)38-15-12-27(13-16-38)39(19-26-5-4-6-29(37-26)36-25-11-14-35-22(3)17-25)30(41)28(42-20-40)18-23-7-9-24(10-8-23)31(32,33)34/h4-11,14,17-18,20-21,27H,12-13,15-16,19H2,1-3H3,(H,35,36,37)/b28-18+. The molecule has 1 fully saturated rings. The molecule has 3 aromatic rings. The predicted molar refractivity (Wildman–Crippen MR) is 153 cm³/mol. The number of nitrogens with zero attached hydrogens (tertiary/aromatic N) is 4. The van der Waals surface area contributed by atoms with Crippen LogP contribution >= 0.6 is 0 Å². The summed E-state index contributed by atoms with van der Waals surface area (Å²) in [5.41, 5.74) is 1.76. The molecule has 1 saturated heterocycles. The van der Waals surface area contributed by atoms with Crippen LogP contribution < -0.4 is 5.32 Å². The zero-order valence-corrected chi connectivity index (χ0v) is 23.8. The summed E-state index contributed by atoms with van der Waals surface area (Å²) < 4.78 is 44.2. The summed E-state index contributed by atoms with van der Waals surface area (Å²) in [6.07, 6.45) is -0.110. The lowest BCUT2D eigenvalue weighted by Gasteiger charge is -2.40. The highest BCUT2D eigenvalue weighted by atomic mass is 19.4. The number of pyridine rings is 2. The van der Waals surface area contributed by atoms with Gasteiger partial charge in [-0.3, -0.25) is 14.6 Å². The van der Waals surface area contributed by atoms with Crippen LogP contribution in [0.3, 0.4) is 0 Å². The summed E-state index contributed by atoms with van der Waals surface area (Å²) in [5.74, 6) is -0.239. The number of benzene rings is 1. The highest BCUT2D eigenvalue weighted by molar-refractivity contribution is 5.97. The van der Waals surface area contributed by atoms with Crippen LogP contribution in [0, 0.1) is 6.92 Å². The summed E-state index contributed by atoms with van der Waals surface area (Å²) in [5, 5.41) is 3.25. The zero-order valence-electron chi connectivity index (χ0n) is 23.8. The number of carbonyl (C=O) groups excluding carboxylic acids is 2. The van der Waals surface area contributed by atoms with Crippen LogP contribution in [0.15, 0.2) is 66.6 Å². The number of anilines is 2. The molecule has 0 atom stereocenters. The topological polar surface area (TPSA) is 87.7 Å². The van der Waals surface area contributed by atoms with E-state index in [-0.39, 0.29) is 24.8 Å². The van der Waals surface area contributed by atoms with E-state index in [0.717, 1.165) is 36.6 Å². The quantitative estimate of drug-likeness (QED) is 0.180. The van der Waals surface area contributed by atoms with Gasteiger partial charge in [-0.25, -0.2) is 4.98 Å². The van der Waals surface area contributed by atoms with Crippen LogP contribution in [-0.2, 0) is 27.0 Å². The Kier molecular flexibility index (Phi) is 9.95. The second-order valence-corrected chi connectivity index (χ2v) is 10.5. The van der Waals surface area contributed by atoms with Gasteiger partial charge in [0.05, 0.1) is 17.8 Å². The second kappa shape index (κ2) is 13.6. The van der Waals surface area contributed by atoms with E-state index in [9.17, 15) is 22.8 Å². The van der Waals surface area contributed by atoms with E-state index < -0.39 is 17.6 Å². The summed E-state index contributed by atoms with van der Waals surface area (Å²) in [6, 6.07) is 13.7. The number of carbonyl (C=O) groups is 2. The Morgan fingerprint density at radius 2 is 1.86 bits per heavy atom. The molecule has 0 saturated carbocycles. The van der Waals surface area contributed by atoms with E-state index in [0.29, 0.717) is 36.0 Å². The van der Waals surface area contributed by atoms with E-state index in [4.69, 9.17) is 9.72 Å². The van der Waals surface area contributed by atoms with Gasteiger partial charge in [-0.2, -0.15) is 13.2 Å². The molecule has 0 bridgehead atoms. The van der Waals surface area contributed by atoms with Crippen molar-refractivity contribution in [2.75, 3.05) is 18.4 Å². The Morgan fingerprint density at radius 1 is 1.14 bits per heavy atom. The number of aromatic nitrogens is 2. The predicted octanol–water partition coefficient (Wildman–Crippen LogP) is 5.96. The number of hydrogen-bond donors (Lipinski definition) is 1.